The molecule has 0 unspecified atom stereocenters. The molecule has 0 aliphatic carbocycles. The number of nitrogens with one attached hydrogen (secondary N) is 1. The van der Waals surface area contributed by atoms with Gasteiger partial charge in [-0.25, -0.2) is 8.42 Å². The number of hydrogen-bond acceptors (Lipinski definition) is 5. The standard InChI is InChI=1S/C24H21ClN2O4S2/c1-3-27(33(29,30)21-11-9-20(31-2)10-12-21)19-8-13-22-16(14-19)15-23(32-22)24(28)26-18-6-4-17(25)5-7-18/h4-15H,3H2,1-2H3,(H,26,28). The van der Waals surface area contributed by atoms with Gasteiger partial charge in [0.2, 0.25) is 0 Å². The van der Waals surface area contributed by atoms with Crippen molar-refractivity contribution in [3.05, 3.63) is 82.7 Å². The van der Waals surface area contributed by atoms with Gasteiger partial charge >= 0.3 is 0 Å². The maximum absolute atomic E-state index is 13.3. The van der Waals surface area contributed by atoms with Crippen LogP contribution in [0, 0.1) is 0 Å². The van der Waals surface area contributed by atoms with Crippen LogP contribution in [-0.4, -0.2) is 28.0 Å². The van der Waals surface area contributed by atoms with E-state index in [0.717, 1.165) is 10.1 Å². The van der Waals surface area contributed by atoms with Gasteiger partial charge in [0, 0.05) is 22.0 Å². The molecule has 0 saturated carbocycles. The molecule has 0 aliphatic rings. The summed E-state index contributed by atoms with van der Waals surface area (Å²) >= 11 is 7.24. The van der Waals surface area contributed by atoms with Crippen molar-refractivity contribution < 1.29 is 17.9 Å². The third kappa shape index (κ3) is 4.83. The van der Waals surface area contributed by atoms with E-state index >= 15 is 0 Å². The van der Waals surface area contributed by atoms with Gasteiger partial charge in [0.1, 0.15) is 5.75 Å². The highest BCUT2D eigenvalue weighted by atomic mass is 35.5. The normalized spacial score (nSPS) is 11.4. The summed E-state index contributed by atoms with van der Waals surface area (Å²) < 4.78 is 33.9. The minimum absolute atomic E-state index is 0.179. The van der Waals surface area contributed by atoms with Crippen molar-refractivity contribution >= 4 is 60.3 Å². The number of anilines is 2. The Morgan fingerprint density at radius 2 is 1.73 bits per heavy atom. The van der Waals surface area contributed by atoms with Crippen LogP contribution in [0.3, 0.4) is 0 Å². The number of nitrogens with zero attached hydrogens (tertiary/aromatic N) is 1. The molecule has 0 saturated heterocycles. The Hall–Kier alpha value is -3.07. The van der Waals surface area contributed by atoms with Gasteiger partial charge in [-0.1, -0.05) is 11.6 Å². The summed E-state index contributed by atoms with van der Waals surface area (Å²) in [5, 5.41) is 4.23. The van der Waals surface area contributed by atoms with E-state index in [2.05, 4.69) is 5.32 Å². The maximum atomic E-state index is 13.3. The van der Waals surface area contributed by atoms with Gasteiger partial charge in [-0.15, -0.1) is 11.3 Å². The Morgan fingerprint density at radius 3 is 2.36 bits per heavy atom. The van der Waals surface area contributed by atoms with Crippen molar-refractivity contribution in [3.8, 4) is 5.75 Å². The molecule has 0 spiro atoms. The summed E-state index contributed by atoms with van der Waals surface area (Å²) in [6.45, 7) is 2.04. The van der Waals surface area contributed by atoms with Crippen LogP contribution in [0.4, 0.5) is 11.4 Å². The van der Waals surface area contributed by atoms with Crippen LogP contribution in [0.2, 0.25) is 5.02 Å². The van der Waals surface area contributed by atoms with Crippen molar-refractivity contribution in [2.24, 2.45) is 0 Å². The van der Waals surface area contributed by atoms with Crippen molar-refractivity contribution in [1.82, 2.24) is 0 Å². The van der Waals surface area contributed by atoms with E-state index in [1.54, 1.807) is 61.5 Å². The second-order valence-corrected chi connectivity index (χ2v) is 10.5. The number of thiophene rings is 1. The number of sulfonamides is 1. The molecular weight excluding hydrogens is 480 g/mol. The largest absolute Gasteiger partial charge is 0.497 e. The lowest BCUT2D eigenvalue weighted by Crippen LogP contribution is -2.30. The van der Waals surface area contributed by atoms with Gasteiger partial charge in [0.25, 0.3) is 15.9 Å². The Balaban J connectivity index is 1.62. The molecule has 0 fully saturated rings. The highest BCUT2D eigenvalue weighted by Crippen LogP contribution is 2.32. The average Bonchev–Trinajstić information content (AvgIpc) is 3.25. The Bertz CT molecular complexity index is 1400. The van der Waals surface area contributed by atoms with Crippen LogP contribution in [0.25, 0.3) is 10.1 Å². The number of fused-ring (bicyclic) bond motifs is 1. The number of hydrogen-bond donors (Lipinski definition) is 1. The molecule has 6 nitrogen and oxygen atoms in total. The number of halogens is 1. The highest BCUT2D eigenvalue weighted by Gasteiger charge is 2.24. The summed E-state index contributed by atoms with van der Waals surface area (Å²) in [6.07, 6.45) is 0. The first-order valence-electron chi connectivity index (χ1n) is 10.1. The monoisotopic (exact) mass is 500 g/mol. The zero-order valence-electron chi connectivity index (χ0n) is 17.9. The molecule has 170 valence electrons. The van der Waals surface area contributed by atoms with Gasteiger partial charge in [-0.2, -0.15) is 0 Å². The van der Waals surface area contributed by atoms with Crippen molar-refractivity contribution in [2.75, 3.05) is 23.3 Å². The Labute approximate surface area is 201 Å². The molecule has 0 radical (unpaired) electrons. The number of benzene rings is 3. The highest BCUT2D eigenvalue weighted by molar-refractivity contribution is 7.92. The van der Waals surface area contributed by atoms with Crippen molar-refractivity contribution in [2.45, 2.75) is 11.8 Å². The summed E-state index contributed by atoms with van der Waals surface area (Å²) in [4.78, 5) is 13.4. The summed E-state index contributed by atoms with van der Waals surface area (Å²) in [5.74, 6) is 0.347. The van der Waals surface area contributed by atoms with Crippen molar-refractivity contribution in [3.63, 3.8) is 0 Å². The second kappa shape index (κ2) is 9.43. The summed E-state index contributed by atoms with van der Waals surface area (Å²) in [6, 6.07) is 20.3. The number of methoxy groups -OCH3 is 1. The molecule has 0 aliphatic heterocycles. The van der Waals surface area contributed by atoms with Gasteiger partial charge in [0.05, 0.1) is 22.6 Å². The molecule has 1 amide bonds. The van der Waals surface area contributed by atoms with E-state index in [-0.39, 0.29) is 17.3 Å². The fourth-order valence-corrected chi connectivity index (χ4v) is 5.92. The lowest BCUT2D eigenvalue weighted by atomic mass is 10.2. The lowest BCUT2D eigenvalue weighted by molar-refractivity contribution is 0.103. The third-order valence-corrected chi connectivity index (χ3v) is 8.33. The molecule has 0 atom stereocenters. The fourth-order valence-electron chi connectivity index (χ4n) is 3.39. The summed E-state index contributed by atoms with van der Waals surface area (Å²) in [5.41, 5.74) is 1.17. The smallest absolute Gasteiger partial charge is 0.265 e. The van der Waals surface area contributed by atoms with Gasteiger partial charge in [-0.3, -0.25) is 9.10 Å². The molecule has 4 aromatic rings. The molecule has 1 N–H and O–H groups in total. The summed E-state index contributed by atoms with van der Waals surface area (Å²) in [7, 11) is -2.23. The van der Waals surface area contributed by atoms with E-state index in [1.165, 1.54) is 34.9 Å². The van der Waals surface area contributed by atoms with Gasteiger partial charge in [-0.05, 0) is 85.1 Å². The minimum atomic E-state index is -3.76. The minimum Gasteiger partial charge on any atom is -0.497 e. The predicted molar refractivity (Wildman–Crippen MR) is 134 cm³/mol. The number of amides is 1. The SMILES string of the molecule is CCN(c1ccc2sc(C(=O)Nc3ccc(Cl)cc3)cc2c1)S(=O)(=O)c1ccc(OC)cc1. The molecule has 9 heteroatoms. The van der Waals surface area contributed by atoms with E-state index in [4.69, 9.17) is 16.3 Å². The molecule has 0 bridgehead atoms. The second-order valence-electron chi connectivity index (χ2n) is 7.14. The number of ether oxygens (including phenoxy) is 1. The zero-order valence-corrected chi connectivity index (χ0v) is 20.3. The first kappa shape index (κ1) is 23.1. The van der Waals surface area contributed by atoms with Crippen LogP contribution in [0.1, 0.15) is 16.6 Å². The zero-order chi connectivity index (χ0) is 23.6. The molecular formula is C24H21ClN2O4S2. The Morgan fingerprint density at radius 1 is 1.03 bits per heavy atom. The lowest BCUT2D eigenvalue weighted by Gasteiger charge is -2.23. The van der Waals surface area contributed by atoms with E-state index in [0.29, 0.717) is 27.0 Å². The van der Waals surface area contributed by atoms with Crippen LogP contribution >= 0.6 is 22.9 Å². The van der Waals surface area contributed by atoms with Crippen LogP contribution in [0.15, 0.2) is 77.7 Å². The Kier molecular flexibility index (Phi) is 6.60. The predicted octanol–water partition coefficient (Wildman–Crippen LogP) is 6.03. The maximum Gasteiger partial charge on any atom is 0.265 e. The van der Waals surface area contributed by atoms with Gasteiger partial charge in [0.15, 0.2) is 0 Å². The van der Waals surface area contributed by atoms with Crippen LogP contribution < -0.4 is 14.4 Å². The van der Waals surface area contributed by atoms with Crippen LogP contribution in [0.5, 0.6) is 5.75 Å². The topological polar surface area (TPSA) is 75.7 Å². The molecule has 4 rings (SSSR count). The van der Waals surface area contributed by atoms with E-state index in [1.807, 2.05) is 6.07 Å². The number of carbonyl (C=O) groups excluding carboxylic acids is 1. The molecule has 33 heavy (non-hydrogen) atoms. The molecule has 3 aromatic carbocycles. The van der Waals surface area contributed by atoms with Crippen LogP contribution in [-0.2, 0) is 10.0 Å². The van der Waals surface area contributed by atoms with E-state index in [9.17, 15) is 13.2 Å². The number of rotatable bonds is 7. The quantitative estimate of drug-likeness (QED) is 0.336. The molecule has 1 heterocycles. The first-order valence-corrected chi connectivity index (χ1v) is 12.7. The fraction of sp³-hybridized carbons (Fsp3) is 0.125. The molecule has 1 aromatic heterocycles. The number of carbonyl (C=O) groups is 1. The van der Waals surface area contributed by atoms with E-state index < -0.39 is 10.0 Å². The first-order chi connectivity index (χ1) is 15.8. The van der Waals surface area contributed by atoms with Crippen molar-refractivity contribution in [1.29, 1.82) is 0 Å². The average molecular weight is 501 g/mol. The van der Waals surface area contributed by atoms with Gasteiger partial charge < -0.3 is 10.1 Å². The third-order valence-electron chi connectivity index (χ3n) is 5.05.